The molecule has 7 nitrogen and oxygen atoms in total. The molecule has 1 unspecified atom stereocenters. The average Bonchev–Trinajstić information content (AvgIpc) is 3.09. The number of hydrogen-bond donors (Lipinski definition) is 1. The summed E-state index contributed by atoms with van der Waals surface area (Å²) in [6.07, 6.45) is 0. The molecular weight excluding hydrogens is 500 g/mol. The second-order valence-corrected chi connectivity index (χ2v) is 9.23. The first-order valence-corrected chi connectivity index (χ1v) is 11.4. The van der Waals surface area contributed by atoms with E-state index in [1.54, 1.807) is 36.4 Å². The second kappa shape index (κ2) is 7.99. The predicted octanol–water partition coefficient (Wildman–Crippen LogP) is 5.34. The Balaban J connectivity index is 1.86. The number of benzene rings is 2. The van der Waals surface area contributed by atoms with Crippen molar-refractivity contribution in [3.8, 4) is 11.5 Å². The van der Waals surface area contributed by atoms with Gasteiger partial charge in [0.25, 0.3) is 5.91 Å². The van der Waals surface area contributed by atoms with Gasteiger partial charge < -0.3 is 14.3 Å². The van der Waals surface area contributed by atoms with Crippen LogP contribution in [0, 0.1) is 20.8 Å². The van der Waals surface area contributed by atoms with E-state index in [9.17, 15) is 14.7 Å². The number of carbonyl (C=O) groups excluding carboxylic acids is 1. The first-order valence-electron chi connectivity index (χ1n) is 10.6. The topological polar surface area (TPSA) is 92.9 Å². The molecule has 5 rings (SSSR count). The Hall–Kier alpha value is -3.65. The van der Waals surface area contributed by atoms with Gasteiger partial charge in [-0.3, -0.25) is 14.5 Å². The zero-order chi connectivity index (χ0) is 24.3. The Bertz CT molecular complexity index is 1560. The molecule has 0 radical (unpaired) electrons. The number of rotatable bonds is 3. The minimum Gasteiger partial charge on any atom is -0.503 e. The number of pyridine rings is 1. The Morgan fingerprint density at radius 1 is 1.09 bits per heavy atom. The van der Waals surface area contributed by atoms with Crippen LogP contribution in [-0.2, 0) is 0 Å². The Morgan fingerprint density at radius 3 is 2.53 bits per heavy atom. The highest BCUT2D eigenvalue weighted by atomic mass is 79.9. The molecule has 1 amide bonds. The number of aromatic nitrogens is 1. The third-order valence-corrected chi connectivity index (χ3v) is 6.80. The molecule has 1 aliphatic rings. The lowest BCUT2D eigenvalue weighted by Gasteiger charge is -2.25. The Kier molecular flexibility index (Phi) is 5.20. The number of carbonyl (C=O) groups is 1. The maximum atomic E-state index is 13.8. The van der Waals surface area contributed by atoms with Gasteiger partial charge in [0.05, 0.1) is 28.6 Å². The van der Waals surface area contributed by atoms with Crippen LogP contribution in [0.5, 0.6) is 11.5 Å². The number of amides is 1. The van der Waals surface area contributed by atoms with Gasteiger partial charge in [-0.15, -0.1) is 0 Å². The molecule has 0 aliphatic carbocycles. The third kappa shape index (κ3) is 3.28. The van der Waals surface area contributed by atoms with E-state index in [1.807, 2.05) is 26.8 Å². The van der Waals surface area contributed by atoms with E-state index < -0.39 is 11.9 Å². The van der Waals surface area contributed by atoms with Gasteiger partial charge in [0, 0.05) is 5.69 Å². The van der Waals surface area contributed by atoms with Gasteiger partial charge in [-0.25, -0.2) is 4.98 Å². The van der Waals surface area contributed by atoms with Crippen molar-refractivity contribution in [3.63, 3.8) is 0 Å². The number of fused-ring (bicyclic) bond motifs is 2. The van der Waals surface area contributed by atoms with E-state index in [0.29, 0.717) is 26.8 Å². The Morgan fingerprint density at radius 2 is 1.82 bits per heavy atom. The molecule has 1 N–H and O–H groups in total. The maximum Gasteiger partial charge on any atom is 0.296 e. The number of ether oxygens (including phenoxy) is 1. The van der Waals surface area contributed by atoms with Gasteiger partial charge in [-0.1, -0.05) is 6.07 Å². The van der Waals surface area contributed by atoms with E-state index in [-0.39, 0.29) is 28.3 Å². The first kappa shape index (κ1) is 22.2. The van der Waals surface area contributed by atoms with Crippen molar-refractivity contribution in [3.05, 3.63) is 90.9 Å². The smallest absolute Gasteiger partial charge is 0.296 e. The number of phenolic OH excluding ortho intramolecular Hbond substituents is 1. The Labute approximate surface area is 203 Å². The predicted molar refractivity (Wildman–Crippen MR) is 132 cm³/mol. The number of methoxy groups -OCH3 is 1. The summed E-state index contributed by atoms with van der Waals surface area (Å²) in [7, 11) is 1.44. The summed E-state index contributed by atoms with van der Waals surface area (Å²) in [4.78, 5) is 33.5. The summed E-state index contributed by atoms with van der Waals surface area (Å²) < 4.78 is 11.8. The van der Waals surface area contributed by atoms with Gasteiger partial charge in [0.2, 0.25) is 5.76 Å². The van der Waals surface area contributed by atoms with Crippen LogP contribution < -0.4 is 15.1 Å². The van der Waals surface area contributed by atoms with Crippen molar-refractivity contribution < 1.29 is 19.1 Å². The maximum absolute atomic E-state index is 13.8. The zero-order valence-corrected chi connectivity index (χ0v) is 20.6. The number of nitrogens with zero attached hydrogens (tertiary/aromatic N) is 2. The summed E-state index contributed by atoms with van der Waals surface area (Å²) in [5.74, 6) is 0.0443. The van der Waals surface area contributed by atoms with Crippen molar-refractivity contribution >= 4 is 38.6 Å². The minimum absolute atomic E-state index is 0.0165. The highest BCUT2D eigenvalue weighted by Gasteiger charge is 2.44. The molecule has 172 valence electrons. The molecule has 34 heavy (non-hydrogen) atoms. The van der Waals surface area contributed by atoms with Crippen molar-refractivity contribution in [1.82, 2.24) is 4.98 Å². The third-order valence-electron chi connectivity index (χ3n) is 6.19. The normalized spacial score (nSPS) is 15.1. The molecular formula is C26H21BrN2O5. The monoisotopic (exact) mass is 520 g/mol. The molecule has 0 spiro atoms. The number of hydrogen-bond acceptors (Lipinski definition) is 6. The van der Waals surface area contributed by atoms with Crippen LogP contribution in [0.2, 0.25) is 0 Å². The van der Waals surface area contributed by atoms with Crippen molar-refractivity contribution in [2.45, 2.75) is 26.8 Å². The van der Waals surface area contributed by atoms with Crippen molar-refractivity contribution in [2.75, 3.05) is 12.0 Å². The van der Waals surface area contributed by atoms with Crippen LogP contribution in [0.4, 0.5) is 5.82 Å². The van der Waals surface area contributed by atoms with Crippen LogP contribution in [0.3, 0.4) is 0 Å². The highest BCUT2D eigenvalue weighted by molar-refractivity contribution is 9.10. The molecule has 0 fully saturated rings. The van der Waals surface area contributed by atoms with Crippen LogP contribution in [0.25, 0.3) is 11.0 Å². The lowest BCUT2D eigenvalue weighted by molar-refractivity contribution is 0.0970. The zero-order valence-electron chi connectivity index (χ0n) is 19.0. The molecule has 2 aromatic carbocycles. The van der Waals surface area contributed by atoms with Gasteiger partial charge in [0.1, 0.15) is 11.4 Å². The molecule has 0 saturated heterocycles. The average molecular weight is 521 g/mol. The standard InChI is InChI=1S/C26H21BrN2O5/c1-12-8-16-18(9-13(12)2)34-25-21(23(16)30)22(15-10-17(27)24(31)19(11-15)33-4)29(26(25)32)20-7-5-6-14(3)28-20/h5-11,22,31H,1-4H3. The van der Waals surface area contributed by atoms with Gasteiger partial charge in [-0.05, 0) is 89.8 Å². The molecule has 1 atom stereocenters. The van der Waals surface area contributed by atoms with Crippen molar-refractivity contribution in [2.24, 2.45) is 0 Å². The van der Waals surface area contributed by atoms with Gasteiger partial charge >= 0.3 is 0 Å². The van der Waals surface area contributed by atoms with Crippen LogP contribution in [0.1, 0.15) is 44.5 Å². The summed E-state index contributed by atoms with van der Waals surface area (Å²) in [6.45, 7) is 5.68. The molecule has 4 aromatic rings. The van der Waals surface area contributed by atoms with E-state index >= 15 is 0 Å². The van der Waals surface area contributed by atoms with E-state index in [4.69, 9.17) is 9.15 Å². The molecule has 0 saturated carbocycles. The molecule has 3 heterocycles. The molecule has 8 heteroatoms. The highest BCUT2D eigenvalue weighted by Crippen LogP contribution is 2.45. The number of anilines is 1. The van der Waals surface area contributed by atoms with Crippen LogP contribution in [0.15, 0.2) is 56.1 Å². The SMILES string of the molecule is COc1cc(C2c3c(oc4cc(C)c(C)cc4c3=O)C(=O)N2c2cccc(C)n2)cc(Br)c1O. The number of halogens is 1. The summed E-state index contributed by atoms with van der Waals surface area (Å²) in [5.41, 5.74) is 3.50. The molecule has 0 bridgehead atoms. The molecule has 2 aromatic heterocycles. The lowest BCUT2D eigenvalue weighted by atomic mass is 9.97. The summed E-state index contributed by atoms with van der Waals surface area (Å²) in [6, 6.07) is 11.4. The quantitative estimate of drug-likeness (QED) is 0.391. The van der Waals surface area contributed by atoms with Crippen molar-refractivity contribution in [1.29, 1.82) is 0 Å². The second-order valence-electron chi connectivity index (χ2n) is 8.38. The number of aryl methyl sites for hydroxylation is 3. The van der Waals surface area contributed by atoms with Gasteiger partial charge in [-0.2, -0.15) is 0 Å². The fraction of sp³-hybridized carbons (Fsp3) is 0.192. The summed E-state index contributed by atoms with van der Waals surface area (Å²) >= 11 is 3.35. The number of phenols is 1. The first-order chi connectivity index (χ1) is 16.2. The lowest BCUT2D eigenvalue weighted by Crippen LogP contribution is -2.30. The fourth-order valence-corrected chi connectivity index (χ4v) is 4.81. The van der Waals surface area contributed by atoms with Crippen LogP contribution >= 0.6 is 15.9 Å². The largest absolute Gasteiger partial charge is 0.503 e. The number of aromatic hydroxyl groups is 1. The van der Waals surface area contributed by atoms with E-state index in [1.165, 1.54) is 12.0 Å². The minimum atomic E-state index is -0.829. The molecule has 1 aliphatic heterocycles. The van der Waals surface area contributed by atoms with Gasteiger partial charge in [0.15, 0.2) is 16.9 Å². The van der Waals surface area contributed by atoms with E-state index in [2.05, 4.69) is 20.9 Å². The fourth-order valence-electron chi connectivity index (χ4n) is 4.35. The van der Waals surface area contributed by atoms with Crippen LogP contribution in [-0.4, -0.2) is 23.1 Å². The van der Waals surface area contributed by atoms with E-state index in [0.717, 1.165) is 16.8 Å². The summed E-state index contributed by atoms with van der Waals surface area (Å²) in [5, 5.41) is 10.7.